The number of alkyl halides is 6. The van der Waals surface area contributed by atoms with Gasteiger partial charge in [-0.05, 0) is 63.4 Å². The standard InChI is InChI=1S/C30H32F6N4O3/c1-16-25(18(3)43-38-16)20-10-21(27(37-14-20)39(4)24-8-6-5-7-9-24)15-40-17(2)26(42-28(40)41)19-11-22(29(31,32)33)13-23(12-19)30(34,35)36/h10-14,17,24,26H,5-9,15H2,1-4H3. The zero-order valence-electron chi connectivity index (χ0n) is 24.1. The number of carbonyl (C=O) groups excluding carboxylic acids is 1. The van der Waals surface area contributed by atoms with Crippen LogP contribution in [0.3, 0.4) is 0 Å². The number of rotatable bonds is 6. The molecule has 3 aromatic rings. The molecule has 232 valence electrons. The van der Waals surface area contributed by atoms with Crippen LogP contribution in [0, 0.1) is 13.8 Å². The third-order valence-corrected chi connectivity index (χ3v) is 8.39. The zero-order valence-corrected chi connectivity index (χ0v) is 24.1. The number of aryl methyl sites for hydroxylation is 2. The Balaban J connectivity index is 1.52. The molecule has 0 bridgehead atoms. The smallest absolute Gasteiger partial charge is 0.416 e. The second-order valence-corrected chi connectivity index (χ2v) is 11.3. The van der Waals surface area contributed by atoms with Gasteiger partial charge >= 0.3 is 18.4 Å². The molecule has 1 saturated carbocycles. The SMILES string of the molecule is Cc1noc(C)c1-c1cnc(N(C)C2CCCCC2)c(CN2C(=O)OC(c3cc(C(F)(F)F)cc(C(F)(F)F)c3)C2C)c1. The van der Waals surface area contributed by atoms with Crippen LogP contribution >= 0.6 is 0 Å². The van der Waals surface area contributed by atoms with Crippen LogP contribution < -0.4 is 4.90 Å². The third kappa shape index (κ3) is 6.16. The molecule has 1 aliphatic heterocycles. The number of cyclic esters (lactones) is 1. The number of ether oxygens (including phenoxy) is 1. The molecule has 2 unspecified atom stereocenters. The number of anilines is 1. The quantitative estimate of drug-likeness (QED) is 0.262. The molecule has 2 fully saturated rings. The van der Waals surface area contributed by atoms with Crippen LogP contribution in [0.25, 0.3) is 11.1 Å². The average molecular weight is 611 g/mol. The van der Waals surface area contributed by atoms with Crippen molar-refractivity contribution in [2.45, 2.75) is 90.0 Å². The van der Waals surface area contributed by atoms with E-state index in [0.717, 1.165) is 37.7 Å². The lowest BCUT2D eigenvalue weighted by molar-refractivity contribution is -0.143. The first-order chi connectivity index (χ1) is 20.1. The Hall–Kier alpha value is -3.77. The Morgan fingerprint density at radius 2 is 1.60 bits per heavy atom. The van der Waals surface area contributed by atoms with E-state index >= 15 is 0 Å². The van der Waals surface area contributed by atoms with Gasteiger partial charge in [-0.1, -0.05) is 24.4 Å². The first kappa shape index (κ1) is 30.7. The average Bonchev–Trinajstić information content (AvgIpc) is 3.44. The number of nitrogens with zero attached hydrogens (tertiary/aromatic N) is 4. The van der Waals surface area contributed by atoms with E-state index in [1.165, 1.54) is 4.90 Å². The normalized spacial score (nSPS) is 20.0. The molecule has 3 heterocycles. The number of hydrogen-bond donors (Lipinski definition) is 0. The van der Waals surface area contributed by atoms with Gasteiger partial charge in [-0.25, -0.2) is 9.78 Å². The predicted octanol–water partition coefficient (Wildman–Crippen LogP) is 8.24. The Morgan fingerprint density at radius 3 is 2.16 bits per heavy atom. The molecule has 1 aliphatic carbocycles. The summed E-state index contributed by atoms with van der Waals surface area (Å²) in [5.74, 6) is 1.21. The number of hydrogen-bond acceptors (Lipinski definition) is 6. The predicted molar refractivity (Wildman–Crippen MR) is 145 cm³/mol. The maximum Gasteiger partial charge on any atom is 0.416 e. The van der Waals surface area contributed by atoms with Crippen LogP contribution in [0.5, 0.6) is 0 Å². The van der Waals surface area contributed by atoms with Crippen LogP contribution in [-0.4, -0.2) is 40.3 Å². The van der Waals surface area contributed by atoms with Gasteiger partial charge in [0.15, 0.2) is 0 Å². The number of pyridine rings is 1. The molecule has 1 aromatic carbocycles. The van der Waals surface area contributed by atoms with E-state index < -0.39 is 41.7 Å². The summed E-state index contributed by atoms with van der Waals surface area (Å²) < 4.78 is 92.0. The van der Waals surface area contributed by atoms with Crippen LogP contribution in [0.1, 0.15) is 78.8 Å². The van der Waals surface area contributed by atoms with Gasteiger partial charge in [0.2, 0.25) is 0 Å². The highest BCUT2D eigenvalue weighted by Crippen LogP contribution is 2.42. The number of halogens is 6. The van der Waals surface area contributed by atoms with Gasteiger partial charge in [0.05, 0.1) is 29.4 Å². The third-order valence-electron chi connectivity index (χ3n) is 8.39. The fourth-order valence-electron chi connectivity index (χ4n) is 6.10. The van der Waals surface area contributed by atoms with Crippen molar-refractivity contribution in [3.8, 4) is 11.1 Å². The summed E-state index contributed by atoms with van der Waals surface area (Å²) >= 11 is 0. The largest absolute Gasteiger partial charge is 0.439 e. The summed E-state index contributed by atoms with van der Waals surface area (Å²) in [5, 5.41) is 4.01. The molecule has 13 heteroatoms. The first-order valence-corrected chi connectivity index (χ1v) is 14.1. The molecule has 1 saturated heterocycles. The molecule has 43 heavy (non-hydrogen) atoms. The number of benzene rings is 1. The minimum atomic E-state index is -5.02. The second-order valence-electron chi connectivity index (χ2n) is 11.3. The highest BCUT2D eigenvalue weighted by Gasteiger charge is 2.43. The molecule has 0 N–H and O–H groups in total. The lowest BCUT2D eigenvalue weighted by atomic mass is 9.94. The van der Waals surface area contributed by atoms with Crippen molar-refractivity contribution < 1.29 is 40.4 Å². The molecule has 2 atom stereocenters. The molecule has 5 rings (SSSR count). The molecular formula is C30H32F6N4O3. The summed E-state index contributed by atoms with van der Waals surface area (Å²) in [7, 11) is 1.94. The van der Waals surface area contributed by atoms with Crippen LogP contribution in [-0.2, 0) is 23.6 Å². The Kier molecular flexibility index (Phi) is 8.12. The number of amides is 1. The van der Waals surface area contributed by atoms with Gasteiger partial charge in [-0.3, -0.25) is 4.90 Å². The van der Waals surface area contributed by atoms with Gasteiger partial charge in [-0.2, -0.15) is 26.3 Å². The Morgan fingerprint density at radius 1 is 0.977 bits per heavy atom. The van der Waals surface area contributed by atoms with Crippen LogP contribution in [0.2, 0.25) is 0 Å². The van der Waals surface area contributed by atoms with E-state index in [4.69, 9.17) is 14.2 Å². The molecule has 1 amide bonds. The van der Waals surface area contributed by atoms with E-state index in [0.29, 0.717) is 40.5 Å². The second kappa shape index (κ2) is 11.4. The molecular weight excluding hydrogens is 578 g/mol. The summed E-state index contributed by atoms with van der Waals surface area (Å²) in [6.45, 7) is 5.07. The van der Waals surface area contributed by atoms with E-state index in [1.807, 2.05) is 13.1 Å². The lowest BCUT2D eigenvalue weighted by Gasteiger charge is -2.34. The molecule has 2 aromatic heterocycles. The van der Waals surface area contributed by atoms with Crippen molar-refractivity contribution in [1.82, 2.24) is 15.0 Å². The maximum absolute atomic E-state index is 13.5. The number of carbonyl (C=O) groups is 1. The van der Waals surface area contributed by atoms with Crippen LogP contribution in [0.4, 0.5) is 37.0 Å². The fraction of sp³-hybridized carbons (Fsp3) is 0.500. The minimum Gasteiger partial charge on any atom is -0.439 e. The van der Waals surface area contributed by atoms with Crippen molar-refractivity contribution in [1.29, 1.82) is 0 Å². The van der Waals surface area contributed by atoms with Gasteiger partial charge in [0.1, 0.15) is 17.7 Å². The molecule has 0 spiro atoms. The van der Waals surface area contributed by atoms with Crippen molar-refractivity contribution in [2.75, 3.05) is 11.9 Å². The topological polar surface area (TPSA) is 71.7 Å². The highest BCUT2D eigenvalue weighted by molar-refractivity contribution is 5.73. The van der Waals surface area contributed by atoms with Crippen molar-refractivity contribution in [3.63, 3.8) is 0 Å². The first-order valence-electron chi connectivity index (χ1n) is 14.1. The zero-order chi connectivity index (χ0) is 31.3. The van der Waals surface area contributed by atoms with E-state index in [1.54, 1.807) is 27.0 Å². The van der Waals surface area contributed by atoms with Gasteiger partial charge in [0, 0.05) is 36.0 Å². The minimum absolute atomic E-state index is 0.0296. The van der Waals surface area contributed by atoms with Crippen molar-refractivity contribution in [2.24, 2.45) is 0 Å². The summed E-state index contributed by atoms with van der Waals surface area (Å²) in [5.41, 5.74) is -0.561. The van der Waals surface area contributed by atoms with E-state index in [-0.39, 0.29) is 24.2 Å². The monoisotopic (exact) mass is 610 g/mol. The van der Waals surface area contributed by atoms with Crippen LogP contribution in [0.15, 0.2) is 35.0 Å². The molecule has 7 nitrogen and oxygen atoms in total. The number of aromatic nitrogens is 2. The van der Waals surface area contributed by atoms with Gasteiger partial charge in [0.25, 0.3) is 0 Å². The van der Waals surface area contributed by atoms with E-state index in [9.17, 15) is 31.1 Å². The maximum atomic E-state index is 13.5. The van der Waals surface area contributed by atoms with E-state index in [2.05, 4.69) is 10.1 Å². The fourth-order valence-corrected chi connectivity index (χ4v) is 6.10. The highest BCUT2D eigenvalue weighted by atomic mass is 19.4. The Labute approximate surface area is 244 Å². The lowest BCUT2D eigenvalue weighted by Crippen LogP contribution is -2.36. The van der Waals surface area contributed by atoms with Crippen molar-refractivity contribution in [3.05, 3.63) is 64.2 Å². The summed E-state index contributed by atoms with van der Waals surface area (Å²) in [4.78, 5) is 21.3. The summed E-state index contributed by atoms with van der Waals surface area (Å²) in [6.07, 6.45) is -5.28. The summed E-state index contributed by atoms with van der Waals surface area (Å²) in [6, 6.07) is 2.49. The molecule has 0 radical (unpaired) electrons. The van der Waals surface area contributed by atoms with Crippen molar-refractivity contribution >= 4 is 11.9 Å². The van der Waals surface area contributed by atoms with Gasteiger partial charge < -0.3 is 14.2 Å². The van der Waals surface area contributed by atoms with Gasteiger partial charge in [-0.15, -0.1) is 0 Å². The Bertz CT molecular complexity index is 1440. The molecule has 2 aliphatic rings.